The fraction of sp³-hybridized carbons (Fsp3) is 0.318. The number of hydrogen-bond acceptors (Lipinski definition) is 3. The zero-order valence-corrected chi connectivity index (χ0v) is 15.4. The van der Waals surface area contributed by atoms with Crippen LogP contribution in [0.3, 0.4) is 0 Å². The summed E-state index contributed by atoms with van der Waals surface area (Å²) >= 11 is 0. The summed E-state index contributed by atoms with van der Waals surface area (Å²) in [5.74, 6) is -0.0872. The van der Waals surface area contributed by atoms with E-state index in [1.165, 1.54) is 11.3 Å². The van der Waals surface area contributed by atoms with Crippen molar-refractivity contribution in [3.05, 3.63) is 71.3 Å². The average Bonchev–Trinajstić information content (AvgIpc) is 2.67. The monoisotopic (exact) mass is 350 g/mol. The molecule has 1 saturated heterocycles. The lowest BCUT2D eigenvalue weighted by atomic mass is 10.1. The molecule has 1 atom stereocenters. The number of nitrogens with one attached hydrogen (secondary N) is 1. The molecular weight excluding hydrogens is 324 g/mol. The average molecular weight is 350 g/mol. The maximum Gasteiger partial charge on any atom is 0.244 e. The van der Waals surface area contributed by atoms with Crippen molar-refractivity contribution < 1.29 is 9.53 Å². The van der Waals surface area contributed by atoms with E-state index in [4.69, 9.17) is 4.74 Å². The van der Waals surface area contributed by atoms with Crippen LogP contribution < -0.4 is 10.2 Å². The SMILES string of the molecule is Cc1cccc(/C=C/C(=O)N[C@@H](C)c2cccc(N3CCOCC3)c2)c1. The number of carbonyl (C=O) groups is 1. The van der Waals surface area contributed by atoms with Gasteiger partial charge in [0.2, 0.25) is 5.91 Å². The van der Waals surface area contributed by atoms with Crippen LogP contribution in [0.25, 0.3) is 6.08 Å². The molecule has 0 saturated carbocycles. The predicted octanol–water partition coefficient (Wildman–Crippen LogP) is 3.72. The molecule has 2 aromatic rings. The topological polar surface area (TPSA) is 41.6 Å². The Labute approximate surface area is 155 Å². The molecule has 0 unspecified atom stereocenters. The minimum atomic E-state index is -0.0872. The van der Waals surface area contributed by atoms with Gasteiger partial charge in [-0.2, -0.15) is 0 Å². The van der Waals surface area contributed by atoms with E-state index in [9.17, 15) is 4.79 Å². The van der Waals surface area contributed by atoms with Crippen LogP contribution in [-0.2, 0) is 9.53 Å². The molecule has 0 aromatic heterocycles. The number of amides is 1. The maximum atomic E-state index is 12.2. The van der Waals surface area contributed by atoms with Gasteiger partial charge in [-0.15, -0.1) is 0 Å². The molecule has 0 spiro atoms. The molecular formula is C22H26N2O2. The van der Waals surface area contributed by atoms with Gasteiger partial charge in [0.15, 0.2) is 0 Å². The second kappa shape index (κ2) is 8.68. The molecule has 1 N–H and O–H groups in total. The zero-order valence-electron chi connectivity index (χ0n) is 15.4. The molecule has 0 radical (unpaired) electrons. The summed E-state index contributed by atoms with van der Waals surface area (Å²) in [5.41, 5.74) is 4.50. The standard InChI is InChI=1S/C22H26N2O2/c1-17-5-3-6-19(15-17)9-10-22(25)23-18(2)20-7-4-8-21(16-20)24-11-13-26-14-12-24/h3-10,15-16,18H,11-14H2,1-2H3,(H,23,25)/b10-9+/t18-/m0/s1. The summed E-state index contributed by atoms with van der Waals surface area (Å²) < 4.78 is 5.42. The fourth-order valence-electron chi connectivity index (χ4n) is 3.10. The molecule has 0 bridgehead atoms. The lowest BCUT2D eigenvalue weighted by molar-refractivity contribution is -0.117. The van der Waals surface area contributed by atoms with Crippen molar-refractivity contribution in [1.82, 2.24) is 5.32 Å². The fourth-order valence-corrected chi connectivity index (χ4v) is 3.10. The van der Waals surface area contributed by atoms with Gasteiger partial charge in [-0.25, -0.2) is 0 Å². The van der Waals surface area contributed by atoms with E-state index in [1.54, 1.807) is 6.08 Å². The molecule has 4 heteroatoms. The largest absolute Gasteiger partial charge is 0.378 e. The number of ether oxygens (including phenoxy) is 1. The van der Waals surface area contributed by atoms with Gasteiger partial charge in [0.1, 0.15) is 0 Å². The normalized spacial score (nSPS) is 15.8. The van der Waals surface area contributed by atoms with Gasteiger partial charge in [0, 0.05) is 24.9 Å². The quantitative estimate of drug-likeness (QED) is 0.836. The lowest BCUT2D eigenvalue weighted by Gasteiger charge is -2.29. The van der Waals surface area contributed by atoms with Gasteiger partial charge in [-0.1, -0.05) is 42.0 Å². The highest BCUT2D eigenvalue weighted by atomic mass is 16.5. The minimum absolute atomic E-state index is 0.0503. The van der Waals surface area contributed by atoms with E-state index in [0.717, 1.165) is 37.4 Å². The highest BCUT2D eigenvalue weighted by molar-refractivity contribution is 5.92. The van der Waals surface area contributed by atoms with E-state index < -0.39 is 0 Å². The van der Waals surface area contributed by atoms with Crippen molar-refractivity contribution in [2.24, 2.45) is 0 Å². The zero-order chi connectivity index (χ0) is 18.4. The Balaban J connectivity index is 1.62. The highest BCUT2D eigenvalue weighted by Crippen LogP contribution is 2.21. The molecule has 2 aromatic carbocycles. The summed E-state index contributed by atoms with van der Waals surface area (Å²) in [5, 5.41) is 3.04. The van der Waals surface area contributed by atoms with Crippen molar-refractivity contribution in [3.63, 3.8) is 0 Å². The number of hydrogen-bond donors (Lipinski definition) is 1. The van der Waals surface area contributed by atoms with Gasteiger partial charge in [-0.05, 0) is 43.2 Å². The van der Waals surface area contributed by atoms with Crippen molar-refractivity contribution in [2.75, 3.05) is 31.2 Å². The molecule has 1 heterocycles. The van der Waals surface area contributed by atoms with E-state index in [2.05, 4.69) is 34.5 Å². The summed E-state index contributed by atoms with van der Waals surface area (Å²) in [6, 6.07) is 16.4. The van der Waals surface area contributed by atoms with E-state index in [-0.39, 0.29) is 11.9 Å². The van der Waals surface area contributed by atoms with Crippen LogP contribution in [-0.4, -0.2) is 32.2 Å². The van der Waals surface area contributed by atoms with Crippen LogP contribution in [0.1, 0.15) is 29.7 Å². The first-order chi connectivity index (χ1) is 12.6. The predicted molar refractivity (Wildman–Crippen MR) is 106 cm³/mol. The number of rotatable bonds is 5. The second-order valence-corrected chi connectivity index (χ2v) is 6.67. The molecule has 1 aliphatic rings. The molecule has 136 valence electrons. The molecule has 1 aliphatic heterocycles. The molecule has 4 nitrogen and oxygen atoms in total. The van der Waals surface area contributed by atoms with Crippen LogP contribution in [0.5, 0.6) is 0 Å². The van der Waals surface area contributed by atoms with Gasteiger partial charge in [0.25, 0.3) is 0 Å². The van der Waals surface area contributed by atoms with Crippen LogP contribution >= 0.6 is 0 Å². The number of morpholine rings is 1. The Hall–Kier alpha value is -2.59. The molecule has 1 amide bonds. The Morgan fingerprint density at radius 2 is 1.92 bits per heavy atom. The smallest absolute Gasteiger partial charge is 0.244 e. The number of carbonyl (C=O) groups excluding carboxylic acids is 1. The summed E-state index contributed by atoms with van der Waals surface area (Å²) in [6.45, 7) is 7.39. The minimum Gasteiger partial charge on any atom is -0.378 e. The second-order valence-electron chi connectivity index (χ2n) is 6.67. The molecule has 3 rings (SSSR count). The first kappa shape index (κ1) is 18.2. The first-order valence-electron chi connectivity index (χ1n) is 9.10. The number of aryl methyl sites for hydroxylation is 1. The first-order valence-corrected chi connectivity index (χ1v) is 9.10. The lowest BCUT2D eigenvalue weighted by Crippen LogP contribution is -2.36. The highest BCUT2D eigenvalue weighted by Gasteiger charge is 2.13. The number of anilines is 1. The number of nitrogens with zero attached hydrogens (tertiary/aromatic N) is 1. The van der Waals surface area contributed by atoms with Gasteiger partial charge < -0.3 is 15.0 Å². The summed E-state index contributed by atoms with van der Waals surface area (Å²) in [4.78, 5) is 14.6. The Morgan fingerprint density at radius 3 is 2.69 bits per heavy atom. The van der Waals surface area contributed by atoms with E-state index in [0.29, 0.717) is 0 Å². The Bertz CT molecular complexity index is 779. The van der Waals surface area contributed by atoms with Crippen molar-refractivity contribution in [2.45, 2.75) is 19.9 Å². The third kappa shape index (κ3) is 4.96. The molecule has 26 heavy (non-hydrogen) atoms. The van der Waals surface area contributed by atoms with Gasteiger partial charge in [0.05, 0.1) is 19.3 Å². The summed E-state index contributed by atoms with van der Waals surface area (Å²) in [6.07, 6.45) is 3.44. The summed E-state index contributed by atoms with van der Waals surface area (Å²) in [7, 11) is 0. The van der Waals surface area contributed by atoms with Gasteiger partial charge >= 0.3 is 0 Å². The van der Waals surface area contributed by atoms with Crippen LogP contribution in [0.2, 0.25) is 0 Å². The van der Waals surface area contributed by atoms with Crippen molar-refractivity contribution in [3.8, 4) is 0 Å². The van der Waals surface area contributed by atoms with Gasteiger partial charge in [-0.3, -0.25) is 4.79 Å². The van der Waals surface area contributed by atoms with E-state index >= 15 is 0 Å². The van der Waals surface area contributed by atoms with Crippen molar-refractivity contribution >= 4 is 17.7 Å². The molecule has 0 aliphatic carbocycles. The van der Waals surface area contributed by atoms with Crippen LogP contribution in [0.15, 0.2) is 54.6 Å². The third-order valence-corrected chi connectivity index (χ3v) is 4.57. The Kier molecular flexibility index (Phi) is 6.08. The van der Waals surface area contributed by atoms with Crippen LogP contribution in [0.4, 0.5) is 5.69 Å². The maximum absolute atomic E-state index is 12.2. The van der Waals surface area contributed by atoms with Crippen LogP contribution in [0, 0.1) is 6.92 Å². The van der Waals surface area contributed by atoms with Crippen molar-refractivity contribution in [1.29, 1.82) is 0 Å². The third-order valence-electron chi connectivity index (χ3n) is 4.57. The number of benzene rings is 2. The Morgan fingerprint density at radius 1 is 1.15 bits per heavy atom. The molecule has 1 fully saturated rings. The van der Waals surface area contributed by atoms with E-state index in [1.807, 2.05) is 44.2 Å².